The van der Waals surface area contributed by atoms with E-state index in [0.717, 1.165) is 11.3 Å². The Kier molecular flexibility index (Phi) is 3.80. The molecule has 98 valence electrons. The van der Waals surface area contributed by atoms with Crippen LogP contribution in [-0.4, -0.2) is 13.0 Å². The number of carbonyl (C=O) groups is 1. The van der Waals surface area contributed by atoms with E-state index in [-0.39, 0.29) is 11.7 Å². The Labute approximate surface area is 111 Å². The zero-order chi connectivity index (χ0) is 13.8. The molecule has 0 fully saturated rings. The van der Waals surface area contributed by atoms with E-state index < -0.39 is 0 Å². The van der Waals surface area contributed by atoms with E-state index in [0.29, 0.717) is 11.3 Å². The van der Waals surface area contributed by atoms with Crippen LogP contribution in [0.2, 0.25) is 0 Å². The molecule has 0 aliphatic heterocycles. The van der Waals surface area contributed by atoms with E-state index in [1.807, 2.05) is 19.2 Å². The molecule has 3 nitrogen and oxygen atoms in total. The molecule has 0 aliphatic rings. The van der Waals surface area contributed by atoms with Gasteiger partial charge in [-0.15, -0.1) is 0 Å². The maximum Gasteiger partial charge on any atom is 0.255 e. The molecule has 0 saturated carbocycles. The van der Waals surface area contributed by atoms with Crippen molar-refractivity contribution in [1.82, 2.24) is 0 Å². The van der Waals surface area contributed by atoms with Gasteiger partial charge in [-0.25, -0.2) is 4.39 Å². The fourth-order valence-electron chi connectivity index (χ4n) is 1.80. The predicted octanol–water partition coefficient (Wildman–Crippen LogP) is 3.43. The molecule has 1 amide bonds. The quantitative estimate of drug-likeness (QED) is 0.885. The summed E-state index contributed by atoms with van der Waals surface area (Å²) in [4.78, 5) is 12.0. The molecule has 4 heteroatoms. The summed E-state index contributed by atoms with van der Waals surface area (Å²) in [6.07, 6.45) is 0. The molecule has 0 radical (unpaired) electrons. The average molecular weight is 258 g/mol. The lowest BCUT2D eigenvalue weighted by atomic mass is 10.1. The lowest BCUT2D eigenvalue weighted by Gasteiger charge is -2.07. The van der Waals surface area contributed by atoms with Crippen LogP contribution < -0.4 is 10.6 Å². The van der Waals surface area contributed by atoms with Gasteiger partial charge in [0.25, 0.3) is 5.91 Å². The maximum absolute atomic E-state index is 13.2. The molecule has 0 bridgehead atoms. The highest BCUT2D eigenvalue weighted by molar-refractivity contribution is 6.04. The first-order chi connectivity index (χ1) is 9.08. The molecule has 0 aliphatic carbocycles. The molecule has 2 aromatic rings. The Hall–Kier alpha value is -2.36. The molecule has 0 heterocycles. The summed E-state index contributed by atoms with van der Waals surface area (Å²) >= 11 is 0. The first kappa shape index (κ1) is 13.1. The SMILES string of the molecule is CNc1ccc(C(=O)Nc2cc(C)cc(F)c2)cc1. The van der Waals surface area contributed by atoms with Crippen LogP contribution in [0, 0.1) is 12.7 Å². The number of halogens is 1. The largest absolute Gasteiger partial charge is 0.388 e. The van der Waals surface area contributed by atoms with Gasteiger partial charge in [0, 0.05) is 24.0 Å². The van der Waals surface area contributed by atoms with Crippen molar-refractivity contribution in [3.05, 3.63) is 59.4 Å². The van der Waals surface area contributed by atoms with Gasteiger partial charge in [-0.1, -0.05) is 0 Å². The number of amides is 1. The summed E-state index contributed by atoms with van der Waals surface area (Å²) in [7, 11) is 1.81. The van der Waals surface area contributed by atoms with Gasteiger partial charge in [-0.3, -0.25) is 4.79 Å². The Morgan fingerprint density at radius 2 is 1.74 bits per heavy atom. The van der Waals surface area contributed by atoms with Crippen LogP contribution in [0.5, 0.6) is 0 Å². The summed E-state index contributed by atoms with van der Waals surface area (Å²) in [5.74, 6) is -0.617. The normalized spacial score (nSPS) is 10.1. The number of benzene rings is 2. The standard InChI is InChI=1S/C15H15FN2O/c1-10-7-12(16)9-14(8-10)18-15(19)11-3-5-13(17-2)6-4-11/h3-9,17H,1-2H3,(H,18,19). The van der Waals surface area contributed by atoms with Gasteiger partial charge < -0.3 is 10.6 Å². The lowest BCUT2D eigenvalue weighted by Crippen LogP contribution is -2.12. The summed E-state index contributed by atoms with van der Waals surface area (Å²) in [5, 5.41) is 5.65. The summed E-state index contributed by atoms with van der Waals surface area (Å²) in [6, 6.07) is 11.5. The molecule has 0 saturated heterocycles. The molecule has 2 N–H and O–H groups in total. The molecule has 0 unspecified atom stereocenters. The minimum Gasteiger partial charge on any atom is -0.388 e. The Bertz CT molecular complexity index is 573. The van der Waals surface area contributed by atoms with Crippen LogP contribution in [-0.2, 0) is 0 Å². The van der Waals surface area contributed by atoms with Crippen LogP contribution in [0.15, 0.2) is 42.5 Å². The van der Waals surface area contributed by atoms with Crippen molar-refractivity contribution in [3.63, 3.8) is 0 Å². The van der Waals surface area contributed by atoms with Gasteiger partial charge in [-0.05, 0) is 55.0 Å². The van der Waals surface area contributed by atoms with Crippen LogP contribution in [0.25, 0.3) is 0 Å². The monoisotopic (exact) mass is 258 g/mol. The molecule has 0 spiro atoms. The third kappa shape index (κ3) is 3.31. The lowest BCUT2D eigenvalue weighted by molar-refractivity contribution is 0.102. The van der Waals surface area contributed by atoms with E-state index in [1.54, 1.807) is 25.1 Å². The highest BCUT2D eigenvalue weighted by Gasteiger charge is 2.07. The molecule has 2 aromatic carbocycles. The van der Waals surface area contributed by atoms with E-state index in [4.69, 9.17) is 0 Å². The summed E-state index contributed by atoms with van der Waals surface area (Å²) < 4.78 is 13.2. The second kappa shape index (κ2) is 5.52. The highest BCUT2D eigenvalue weighted by atomic mass is 19.1. The molecule has 19 heavy (non-hydrogen) atoms. The number of hydrogen-bond acceptors (Lipinski definition) is 2. The highest BCUT2D eigenvalue weighted by Crippen LogP contribution is 2.15. The minimum absolute atomic E-state index is 0.257. The minimum atomic E-state index is -0.360. The maximum atomic E-state index is 13.2. The van der Waals surface area contributed by atoms with Crippen molar-refractivity contribution in [3.8, 4) is 0 Å². The zero-order valence-corrected chi connectivity index (χ0v) is 10.8. The Morgan fingerprint density at radius 3 is 2.32 bits per heavy atom. The van der Waals surface area contributed by atoms with Crippen molar-refractivity contribution < 1.29 is 9.18 Å². The fraction of sp³-hybridized carbons (Fsp3) is 0.133. The predicted molar refractivity (Wildman–Crippen MR) is 75.1 cm³/mol. The van der Waals surface area contributed by atoms with Gasteiger partial charge in [0.2, 0.25) is 0 Å². The van der Waals surface area contributed by atoms with Crippen molar-refractivity contribution in [2.45, 2.75) is 6.92 Å². The molecule has 0 aromatic heterocycles. The fourth-order valence-corrected chi connectivity index (χ4v) is 1.80. The summed E-state index contributed by atoms with van der Waals surface area (Å²) in [6.45, 7) is 1.78. The Morgan fingerprint density at radius 1 is 1.05 bits per heavy atom. The van der Waals surface area contributed by atoms with Gasteiger partial charge >= 0.3 is 0 Å². The van der Waals surface area contributed by atoms with Crippen molar-refractivity contribution in [2.24, 2.45) is 0 Å². The number of rotatable bonds is 3. The smallest absolute Gasteiger partial charge is 0.255 e. The molecule has 2 rings (SSSR count). The van der Waals surface area contributed by atoms with Gasteiger partial charge in [0.15, 0.2) is 0 Å². The molecular formula is C15H15FN2O. The summed E-state index contributed by atoms with van der Waals surface area (Å²) in [5.41, 5.74) is 2.68. The third-order valence-electron chi connectivity index (χ3n) is 2.74. The van der Waals surface area contributed by atoms with E-state index in [9.17, 15) is 9.18 Å². The number of aryl methyl sites for hydroxylation is 1. The molecule has 0 atom stereocenters. The Balaban J connectivity index is 2.15. The van der Waals surface area contributed by atoms with Gasteiger partial charge in [0.1, 0.15) is 5.82 Å². The van der Waals surface area contributed by atoms with E-state index >= 15 is 0 Å². The first-order valence-electron chi connectivity index (χ1n) is 5.95. The number of carbonyl (C=O) groups excluding carboxylic acids is 1. The second-order valence-corrected chi connectivity index (χ2v) is 4.30. The van der Waals surface area contributed by atoms with Crippen molar-refractivity contribution in [2.75, 3.05) is 17.7 Å². The molecular weight excluding hydrogens is 243 g/mol. The van der Waals surface area contributed by atoms with Crippen LogP contribution >= 0.6 is 0 Å². The van der Waals surface area contributed by atoms with Crippen molar-refractivity contribution >= 4 is 17.3 Å². The average Bonchev–Trinajstić information content (AvgIpc) is 2.37. The van der Waals surface area contributed by atoms with Crippen LogP contribution in [0.4, 0.5) is 15.8 Å². The van der Waals surface area contributed by atoms with Crippen LogP contribution in [0.3, 0.4) is 0 Å². The van der Waals surface area contributed by atoms with Gasteiger partial charge in [0.05, 0.1) is 0 Å². The zero-order valence-electron chi connectivity index (χ0n) is 10.8. The van der Waals surface area contributed by atoms with Gasteiger partial charge in [-0.2, -0.15) is 0 Å². The first-order valence-corrected chi connectivity index (χ1v) is 5.95. The topological polar surface area (TPSA) is 41.1 Å². The number of nitrogens with one attached hydrogen (secondary N) is 2. The number of hydrogen-bond donors (Lipinski definition) is 2. The van der Waals surface area contributed by atoms with E-state index in [1.165, 1.54) is 12.1 Å². The number of anilines is 2. The van der Waals surface area contributed by atoms with Crippen LogP contribution in [0.1, 0.15) is 15.9 Å². The van der Waals surface area contributed by atoms with E-state index in [2.05, 4.69) is 10.6 Å². The third-order valence-corrected chi connectivity index (χ3v) is 2.74. The van der Waals surface area contributed by atoms with Crippen molar-refractivity contribution in [1.29, 1.82) is 0 Å². The second-order valence-electron chi connectivity index (χ2n) is 4.30.